The first-order valence-corrected chi connectivity index (χ1v) is 9.44. The molecular weight excluding hydrogens is 272 g/mol. The van der Waals surface area contributed by atoms with Crippen LogP contribution in [0.4, 0.5) is 0 Å². The molecule has 0 aromatic rings. The van der Waals surface area contributed by atoms with E-state index in [-0.39, 0.29) is 5.91 Å². The van der Waals surface area contributed by atoms with E-state index in [2.05, 4.69) is 17.5 Å². The number of rotatable bonds is 3. The summed E-state index contributed by atoms with van der Waals surface area (Å²) in [5, 5.41) is 4.45. The van der Waals surface area contributed by atoms with E-state index in [1.54, 1.807) is 0 Å². The Labute approximate surface area is 134 Å². The van der Waals surface area contributed by atoms with Gasteiger partial charge in [0.1, 0.15) is 0 Å². The summed E-state index contributed by atoms with van der Waals surface area (Å²) in [6.07, 6.45) is 13.6. The fourth-order valence-electron chi connectivity index (χ4n) is 6.39. The standard InChI is InChI=1S/C19H30N2O/c1-13-3-2-4-17(5-13)20-21-18(22)12-19-9-14-6-15(10-19)8-16(7-14)11-19/h13-16H,2-12H2,1H3,(H,21,22)/b20-17-/t13-,14?,15?,16?,19?/m1/s1. The molecule has 5 rings (SSSR count). The number of amides is 1. The molecule has 0 radical (unpaired) electrons. The smallest absolute Gasteiger partial charge is 0.240 e. The molecule has 1 atom stereocenters. The van der Waals surface area contributed by atoms with Crippen molar-refractivity contribution in [1.82, 2.24) is 5.43 Å². The lowest BCUT2D eigenvalue weighted by atomic mass is 9.49. The third-order valence-electron chi connectivity index (χ3n) is 6.79. The molecule has 0 heterocycles. The number of nitrogens with zero attached hydrogens (tertiary/aromatic N) is 1. The van der Waals surface area contributed by atoms with Crippen LogP contribution in [0.25, 0.3) is 0 Å². The summed E-state index contributed by atoms with van der Waals surface area (Å²) < 4.78 is 0. The van der Waals surface area contributed by atoms with Crippen molar-refractivity contribution in [3.63, 3.8) is 0 Å². The van der Waals surface area contributed by atoms with Gasteiger partial charge in [-0.25, -0.2) is 5.43 Å². The predicted molar refractivity (Wildman–Crippen MR) is 88.4 cm³/mol. The number of hydrogen-bond donors (Lipinski definition) is 1. The van der Waals surface area contributed by atoms with Crippen molar-refractivity contribution in [3.8, 4) is 0 Å². The lowest BCUT2D eigenvalue weighted by Gasteiger charge is -2.56. The summed E-state index contributed by atoms with van der Waals surface area (Å²) in [7, 11) is 0. The number of nitrogens with one attached hydrogen (secondary N) is 1. The van der Waals surface area contributed by atoms with Gasteiger partial charge in [0.25, 0.3) is 0 Å². The molecule has 3 heteroatoms. The minimum absolute atomic E-state index is 0.174. The van der Waals surface area contributed by atoms with Crippen LogP contribution in [0.1, 0.15) is 77.6 Å². The maximum Gasteiger partial charge on any atom is 0.240 e. The molecular formula is C19H30N2O. The van der Waals surface area contributed by atoms with E-state index in [9.17, 15) is 4.79 Å². The second kappa shape index (κ2) is 5.65. The molecule has 0 saturated heterocycles. The third-order valence-corrected chi connectivity index (χ3v) is 6.79. The zero-order chi connectivity index (χ0) is 15.2. The molecule has 4 bridgehead atoms. The van der Waals surface area contributed by atoms with Gasteiger partial charge in [0.2, 0.25) is 5.91 Å². The molecule has 5 saturated carbocycles. The Kier molecular flexibility index (Phi) is 3.78. The molecule has 5 fully saturated rings. The molecule has 22 heavy (non-hydrogen) atoms. The van der Waals surface area contributed by atoms with E-state index in [0.717, 1.165) is 42.9 Å². The summed E-state index contributed by atoms with van der Waals surface area (Å²) >= 11 is 0. The fourth-order valence-corrected chi connectivity index (χ4v) is 6.39. The van der Waals surface area contributed by atoms with Crippen molar-refractivity contribution in [2.24, 2.45) is 34.2 Å². The number of hydrogen-bond acceptors (Lipinski definition) is 2. The first-order valence-electron chi connectivity index (χ1n) is 9.44. The molecule has 0 unspecified atom stereocenters. The largest absolute Gasteiger partial charge is 0.273 e. The zero-order valence-corrected chi connectivity index (χ0v) is 13.9. The van der Waals surface area contributed by atoms with Gasteiger partial charge < -0.3 is 0 Å². The van der Waals surface area contributed by atoms with Crippen LogP contribution >= 0.6 is 0 Å². The molecule has 0 aliphatic heterocycles. The minimum Gasteiger partial charge on any atom is -0.273 e. The lowest BCUT2D eigenvalue weighted by molar-refractivity contribution is -0.129. The second-order valence-corrected chi connectivity index (χ2v) is 9.01. The minimum atomic E-state index is 0.174. The molecule has 5 aliphatic carbocycles. The summed E-state index contributed by atoms with van der Waals surface area (Å²) in [6, 6.07) is 0. The summed E-state index contributed by atoms with van der Waals surface area (Å²) in [6.45, 7) is 2.28. The number of carbonyl (C=O) groups is 1. The fraction of sp³-hybridized carbons (Fsp3) is 0.895. The van der Waals surface area contributed by atoms with Crippen LogP contribution in [0.15, 0.2) is 5.10 Å². The Hall–Kier alpha value is -0.860. The quantitative estimate of drug-likeness (QED) is 0.777. The topological polar surface area (TPSA) is 41.5 Å². The van der Waals surface area contributed by atoms with Crippen LogP contribution in [0.2, 0.25) is 0 Å². The summed E-state index contributed by atoms with van der Waals surface area (Å²) in [4.78, 5) is 12.4. The van der Waals surface area contributed by atoms with Crippen molar-refractivity contribution >= 4 is 11.6 Å². The summed E-state index contributed by atoms with van der Waals surface area (Å²) in [5.41, 5.74) is 4.44. The highest BCUT2D eigenvalue weighted by molar-refractivity contribution is 5.87. The van der Waals surface area contributed by atoms with Crippen molar-refractivity contribution in [1.29, 1.82) is 0 Å². The molecule has 0 aromatic heterocycles. The highest BCUT2D eigenvalue weighted by atomic mass is 16.2. The Morgan fingerprint density at radius 2 is 1.82 bits per heavy atom. The number of carbonyl (C=O) groups excluding carboxylic acids is 1. The van der Waals surface area contributed by atoms with E-state index in [4.69, 9.17) is 0 Å². The van der Waals surface area contributed by atoms with Gasteiger partial charge in [-0.3, -0.25) is 4.79 Å². The average molecular weight is 302 g/mol. The van der Waals surface area contributed by atoms with E-state index in [1.807, 2.05) is 0 Å². The zero-order valence-electron chi connectivity index (χ0n) is 13.9. The Balaban J connectivity index is 1.35. The maximum absolute atomic E-state index is 12.4. The van der Waals surface area contributed by atoms with Crippen molar-refractivity contribution in [3.05, 3.63) is 0 Å². The van der Waals surface area contributed by atoms with Gasteiger partial charge in [-0.05, 0) is 93.3 Å². The molecule has 5 aliphatic rings. The first-order chi connectivity index (χ1) is 10.6. The Morgan fingerprint density at radius 3 is 2.41 bits per heavy atom. The van der Waals surface area contributed by atoms with Crippen LogP contribution in [0.5, 0.6) is 0 Å². The molecule has 122 valence electrons. The molecule has 1 N–H and O–H groups in total. The molecule has 0 spiro atoms. The van der Waals surface area contributed by atoms with Crippen molar-refractivity contribution < 1.29 is 4.79 Å². The maximum atomic E-state index is 12.4. The van der Waals surface area contributed by atoms with Crippen LogP contribution in [-0.2, 0) is 4.79 Å². The van der Waals surface area contributed by atoms with Gasteiger partial charge >= 0.3 is 0 Å². The van der Waals surface area contributed by atoms with Gasteiger partial charge in [0.05, 0.1) is 0 Å². The second-order valence-electron chi connectivity index (χ2n) is 9.01. The Bertz CT molecular complexity index is 447. The van der Waals surface area contributed by atoms with Gasteiger partial charge in [-0.2, -0.15) is 5.10 Å². The first kappa shape index (κ1) is 14.7. The number of hydrazone groups is 1. The summed E-state index contributed by atoms with van der Waals surface area (Å²) in [5.74, 6) is 3.67. The molecule has 1 amide bonds. The highest BCUT2D eigenvalue weighted by Gasteiger charge is 2.51. The van der Waals surface area contributed by atoms with E-state index >= 15 is 0 Å². The monoisotopic (exact) mass is 302 g/mol. The van der Waals surface area contributed by atoms with Crippen LogP contribution < -0.4 is 5.43 Å². The van der Waals surface area contributed by atoms with Gasteiger partial charge in [-0.1, -0.05) is 6.92 Å². The third kappa shape index (κ3) is 2.96. The van der Waals surface area contributed by atoms with Crippen LogP contribution in [0.3, 0.4) is 0 Å². The lowest BCUT2D eigenvalue weighted by Crippen LogP contribution is -2.47. The molecule has 3 nitrogen and oxygen atoms in total. The Morgan fingerprint density at radius 1 is 1.18 bits per heavy atom. The predicted octanol–water partition coefficient (Wildman–Crippen LogP) is 4.28. The van der Waals surface area contributed by atoms with Crippen molar-refractivity contribution in [2.45, 2.75) is 77.6 Å². The molecule has 0 aromatic carbocycles. The van der Waals surface area contributed by atoms with E-state index in [0.29, 0.717) is 5.41 Å². The van der Waals surface area contributed by atoms with Gasteiger partial charge in [0, 0.05) is 12.1 Å². The normalized spacial score (nSPS) is 45.2. The van der Waals surface area contributed by atoms with Gasteiger partial charge in [0.15, 0.2) is 0 Å². The van der Waals surface area contributed by atoms with Gasteiger partial charge in [-0.15, -0.1) is 0 Å². The van der Waals surface area contributed by atoms with Crippen LogP contribution in [0, 0.1) is 29.1 Å². The van der Waals surface area contributed by atoms with Crippen molar-refractivity contribution in [2.75, 3.05) is 0 Å². The van der Waals surface area contributed by atoms with E-state index in [1.165, 1.54) is 57.1 Å². The average Bonchev–Trinajstić information content (AvgIpc) is 2.43. The SMILES string of the molecule is C[C@@H]1CCC/C(=N/NC(=O)CC23CC4CC(CC(C4)C2)C3)C1. The highest BCUT2D eigenvalue weighted by Crippen LogP contribution is 2.61. The van der Waals surface area contributed by atoms with Crippen LogP contribution in [-0.4, -0.2) is 11.6 Å². The van der Waals surface area contributed by atoms with E-state index < -0.39 is 0 Å².